The lowest BCUT2D eigenvalue weighted by Gasteiger charge is -2.36. The first-order valence-electron chi connectivity index (χ1n) is 14.9. The summed E-state index contributed by atoms with van der Waals surface area (Å²) in [6.45, 7) is 5.64. The van der Waals surface area contributed by atoms with Crippen LogP contribution in [0.25, 0.3) is 27.5 Å². The highest BCUT2D eigenvalue weighted by Crippen LogP contribution is 2.23. The fraction of sp³-hybridized carbons (Fsp3) is 0.167. The van der Waals surface area contributed by atoms with Gasteiger partial charge in [0.1, 0.15) is 0 Å². The van der Waals surface area contributed by atoms with Crippen molar-refractivity contribution in [3.8, 4) is 5.69 Å². The molecule has 1 aliphatic rings. The van der Waals surface area contributed by atoms with Crippen LogP contribution < -0.4 is 20.7 Å². The Morgan fingerprint density at radius 2 is 1.41 bits per heavy atom. The van der Waals surface area contributed by atoms with Crippen LogP contribution in [-0.4, -0.2) is 46.6 Å². The molecular weight excluding hydrogens is 548 g/mol. The van der Waals surface area contributed by atoms with Crippen molar-refractivity contribution in [1.29, 1.82) is 0 Å². The monoisotopic (exact) mass is 580 g/mol. The van der Waals surface area contributed by atoms with Gasteiger partial charge in [0.2, 0.25) is 5.95 Å². The minimum absolute atomic E-state index is 0.176. The summed E-state index contributed by atoms with van der Waals surface area (Å²) in [4.78, 5) is 40.5. The summed E-state index contributed by atoms with van der Waals surface area (Å²) in [7, 11) is 0. The molecule has 1 amide bonds. The lowest BCUT2D eigenvalue weighted by molar-refractivity contribution is 0.0951. The Morgan fingerprint density at radius 1 is 0.705 bits per heavy atom. The zero-order valence-electron chi connectivity index (χ0n) is 24.5. The second kappa shape index (κ2) is 11.6. The molecule has 0 aliphatic carbocycles. The molecule has 2 aromatic heterocycles. The Morgan fingerprint density at radius 3 is 2.20 bits per heavy atom. The number of amides is 1. The highest BCUT2D eigenvalue weighted by Gasteiger charge is 2.21. The lowest BCUT2D eigenvalue weighted by Crippen LogP contribution is -2.47. The third-order valence-corrected chi connectivity index (χ3v) is 8.32. The van der Waals surface area contributed by atoms with Crippen molar-refractivity contribution >= 4 is 39.3 Å². The molecule has 6 aromatic rings. The summed E-state index contributed by atoms with van der Waals surface area (Å²) in [5.74, 6) is 0.441. The van der Waals surface area contributed by atoms with Crippen molar-refractivity contribution < 1.29 is 4.79 Å². The topological polar surface area (TPSA) is 83.4 Å². The maximum atomic E-state index is 13.2. The molecule has 8 nitrogen and oxygen atoms in total. The van der Waals surface area contributed by atoms with Crippen LogP contribution in [0, 0.1) is 6.92 Å². The minimum Gasteiger partial charge on any atom is -0.368 e. The molecule has 7 rings (SSSR count). The Labute approximate surface area is 255 Å². The van der Waals surface area contributed by atoms with Gasteiger partial charge in [-0.3, -0.25) is 14.2 Å². The summed E-state index contributed by atoms with van der Waals surface area (Å²) in [6.07, 6.45) is 0. The predicted octanol–water partition coefficient (Wildman–Crippen LogP) is 5.50. The number of anilines is 2. The molecular formula is C36H32N6O2. The number of carbonyl (C=O) groups excluding carboxylic acids is 1. The number of carbonyl (C=O) groups is 1. The van der Waals surface area contributed by atoms with E-state index in [1.54, 1.807) is 41.0 Å². The van der Waals surface area contributed by atoms with Gasteiger partial charge in [0.05, 0.1) is 11.4 Å². The number of para-hydroxylation sites is 1. The van der Waals surface area contributed by atoms with Gasteiger partial charge in [-0.25, -0.2) is 4.98 Å². The molecule has 0 atom stereocenters. The minimum atomic E-state index is -0.191. The van der Waals surface area contributed by atoms with Gasteiger partial charge in [-0.15, -0.1) is 0 Å². The van der Waals surface area contributed by atoms with Gasteiger partial charge >= 0.3 is 0 Å². The van der Waals surface area contributed by atoms with Crippen molar-refractivity contribution in [2.75, 3.05) is 36.0 Å². The molecule has 3 heterocycles. The molecule has 1 saturated heterocycles. The van der Waals surface area contributed by atoms with Crippen LogP contribution in [0.15, 0.2) is 114 Å². The van der Waals surface area contributed by atoms with Crippen molar-refractivity contribution in [1.82, 2.24) is 19.9 Å². The van der Waals surface area contributed by atoms with E-state index in [0.717, 1.165) is 53.6 Å². The zero-order valence-corrected chi connectivity index (χ0v) is 24.5. The first-order chi connectivity index (χ1) is 21.5. The maximum absolute atomic E-state index is 13.2. The third-order valence-electron chi connectivity index (χ3n) is 8.32. The van der Waals surface area contributed by atoms with Gasteiger partial charge in [-0.05, 0) is 65.7 Å². The van der Waals surface area contributed by atoms with E-state index in [0.29, 0.717) is 29.4 Å². The van der Waals surface area contributed by atoms with Crippen molar-refractivity contribution in [2.45, 2.75) is 13.5 Å². The van der Waals surface area contributed by atoms with Crippen LogP contribution in [0.2, 0.25) is 0 Å². The molecule has 44 heavy (non-hydrogen) atoms. The van der Waals surface area contributed by atoms with E-state index >= 15 is 0 Å². The summed E-state index contributed by atoms with van der Waals surface area (Å²) in [5.41, 5.74) is 4.61. The van der Waals surface area contributed by atoms with E-state index in [1.165, 1.54) is 5.69 Å². The first kappa shape index (κ1) is 27.3. The fourth-order valence-electron chi connectivity index (χ4n) is 5.93. The van der Waals surface area contributed by atoms with Gasteiger partial charge < -0.3 is 15.1 Å². The second-order valence-electron chi connectivity index (χ2n) is 11.0. The molecule has 4 aromatic carbocycles. The van der Waals surface area contributed by atoms with Crippen LogP contribution in [0.3, 0.4) is 0 Å². The van der Waals surface area contributed by atoms with E-state index in [4.69, 9.17) is 9.97 Å². The number of rotatable bonds is 6. The summed E-state index contributed by atoms with van der Waals surface area (Å²) in [6, 6.07) is 35.1. The third kappa shape index (κ3) is 5.26. The predicted molar refractivity (Wildman–Crippen MR) is 176 cm³/mol. The standard InChI is InChI=1S/C36H32N6O2/c1-25-31-18-19-33(43)42(34(31)39-36(38-25)41-22-20-40(21-23-41)29-11-3-2-4-12-29)30-16-14-27(15-17-30)35(44)37-24-28-10-7-9-26-8-5-6-13-32(26)28/h2-19H,20-24H2,1H3,(H,37,44). The Bertz CT molecular complexity index is 2030. The molecule has 1 aliphatic heterocycles. The number of aromatic nitrogens is 3. The van der Waals surface area contributed by atoms with E-state index in [2.05, 4.69) is 57.6 Å². The number of fused-ring (bicyclic) bond motifs is 2. The highest BCUT2D eigenvalue weighted by atomic mass is 16.1. The number of nitrogens with zero attached hydrogens (tertiary/aromatic N) is 5. The normalized spacial score (nSPS) is 13.4. The van der Waals surface area contributed by atoms with E-state index < -0.39 is 0 Å². The number of nitrogens with one attached hydrogen (secondary N) is 1. The molecule has 1 N–H and O–H groups in total. The lowest BCUT2D eigenvalue weighted by atomic mass is 10.0. The number of pyridine rings is 1. The number of hydrogen-bond acceptors (Lipinski definition) is 6. The largest absolute Gasteiger partial charge is 0.368 e. The molecule has 0 spiro atoms. The molecule has 1 fully saturated rings. The van der Waals surface area contributed by atoms with Crippen LogP contribution in [0.4, 0.5) is 11.6 Å². The van der Waals surface area contributed by atoms with Crippen LogP contribution in [0.1, 0.15) is 21.6 Å². The van der Waals surface area contributed by atoms with Gasteiger partial charge in [-0.1, -0.05) is 60.7 Å². The zero-order chi connectivity index (χ0) is 30.0. The number of piperazine rings is 1. The van der Waals surface area contributed by atoms with Crippen molar-refractivity contribution in [3.05, 3.63) is 136 Å². The highest BCUT2D eigenvalue weighted by molar-refractivity contribution is 5.95. The summed E-state index contributed by atoms with van der Waals surface area (Å²) in [5, 5.41) is 6.11. The molecule has 0 radical (unpaired) electrons. The number of hydrogen-bond donors (Lipinski definition) is 1. The van der Waals surface area contributed by atoms with E-state index in [9.17, 15) is 9.59 Å². The summed E-state index contributed by atoms with van der Waals surface area (Å²) < 4.78 is 1.60. The van der Waals surface area contributed by atoms with Crippen LogP contribution >= 0.6 is 0 Å². The average Bonchev–Trinajstić information content (AvgIpc) is 3.07. The summed E-state index contributed by atoms with van der Waals surface area (Å²) >= 11 is 0. The van der Waals surface area contributed by atoms with Crippen LogP contribution in [-0.2, 0) is 6.54 Å². The van der Waals surface area contributed by atoms with Gasteiger partial charge in [0.15, 0.2) is 5.65 Å². The number of benzene rings is 4. The number of aryl methyl sites for hydroxylation is 1. The van der Waals surface area contributed by atoms with E-state index in [-0.39, 0.29) is 11.5 Å². The maximum Gasteiger partial charge on any atom is 0.256 e. The second-order valence-corrected chi connectivity index (χ2v) is 11.0. The molecule has 218 valence electrons. The quantitative estimate of drug-likeness (QED) is 0.280. The Hall–Kier alpha value is -5.50. The first-order valence-corrected chi connectivity index (χ1v) is 14.9. The van der Waals surface area contributed by atoms with Crippen molar-refractivity contribution in [2.24, 2.45) is 0 Å². The Balaban J connectivity index is 1.12. The van der Waals surface area contributed by atoms with Crippen molar-refractivity contribution in [3.63, 3.8) is 0 Å². The molecule has 0 unspecified atom stereocenters. The molecule has 8 heteroatoms. The van der Waals surface area contributed by atoms with E-state index in [1.807, 2.05) is 37.3 Å². The Kier molecular flexibility index (Phi) is 7.24. The fourth-order valence-corrected chi connectivity index (χ4v) is 5.93. The molecule has 0 saturated carbocycles. The SMILES string of the molecule is Cc1nc(N2CCN(c3ccccc3)CC2)nc2c1ccc(=O)n2-c1ccc(C(=O)NCc2cccc3ccccc23)cc1. The van der Waals surface area contributed by atoms with Gasteiger partial charge in [0.25, 0.3) is 11.5 Å². The van der Waals surface area contributed by atoms with Gasteiger partial charge in [0, 0.05) is 55.4 Å². The smallest absolute Gasteiger partial charge is 0.256 e. The molecule has 0 bridgehead atoms. The average molecular weight is 581 g/mol. The van der Waals surface area contributed by atoms with Gasteiger partial charge in [-0.2, -0.15) is 4.98 Å². The van der Waals surface area contributed by atoms with Crippen LogP contribution in [0.5, 0.6) is 0 Å².